The Balaban J connectivity index is 1.42. The Kier molecular flexibility index (Phi) is 5.57. The van der Waals surface area contributed by atoms with Gasteiger partial charge in [0.25, 0.3) is 0 Å². The van der Waals surface area contributed by atoms with Crippen molar-refractivity contribution >= 4 is 22.9 Å². The summed E-state index contributed by atoms with van der Waals surface area (Å²) in [4.78, 5) is 3.83. The van der Waals surface area contributed by atoms with E-state index in [1.807, 2.05) is 11.4 Å². The van der Waals surface area contributed by atoms with Gasteiger partial charge in [0.2, 0.25) is 0 Å². The fourth-order valence-corrected chi connectivity index (χ4v) is 4.67. The minimum absolute atomic E-state index is 0.100. The molecule has 1 aliphatic carbocycles. The van der Waals surface area contributed by atoms with E-state index in [2.05, 4.69) is 10.2 Å². The highest BCUT2D eigenvalue weighted by atomic mass is 35.5. The maximum atomic E-state index is 10.2. The third-order valence-electron chi connectivity index (χ3n) is 4.88. The summed E-state index contributed by atoms with van der Waals surface area (Å²) in [6, 6.07) is 3.06. The van der Waals surface area contributed by atoms with Gasteiger partial charge in [-0.25, -0.2) is 0 Å². The van der Waals surface area contributed by atoms with Crippen LogP contribution < -0.4 is 5.32 Å². The molecule has 0 amide bonds. The number of nitrogens with one attached hydrogen (secondary N) is 1. The Bertz CT molecular complexity index is 445. The lowest BCUT2D eigenvalue weighted by atomic mass is 9.89. The largest absolute Gasteiger partial charge is 0.391 e. The predicted octanol–water partition coefficient (Wildman–Crippen LogP) is 3.26. The zero-order chi connectivity index (χ0) is 14.7. The van der Waals surface area contributed by atoms with E-state index in [1.54, 1.807) is 11.3 Å². The van der Waals surface area contributed by atoms with Gasteiger partial charge in [-0.15, -0.1) is 11.3 Å². The number of aliphatic hydroxyl groups is 1. The highest BCUT2D eigenvalue weighted by Gasteiger charge is 2.31. The van der Waals surface area contributed by atoms with Crippen molar-refractivity contribution in [1.29, 1.82) is 0 Å². The quantitative estimate of drug-likeness (QED) is 0.890. The number of piperidine rings is 1. The molecule has 0 unspecified atom stereocenters. The number of halogens is 1. The Hall–Kier alpha value is -0.130. The molecule has 1 aromatic rings. The van der Waals surface area contributed by atoms with Gasteiger partial charge in [-0.3, -0.25) is 4.90 Å². The molecule has 1 aromatic heterocycles. The summed E-state index contributed by atoms with van der Waals surface area (Å²) in [5.74, 6) is 0. The number of likely N-dealkylation sites (tertiary alicyclic amines) is 1. The monoisotopic (exact) mass is 328 g/mol. The van der Waals surface area contributed by atoms with E-state index < -0.39 is 0 Å². The van der Waals surface area contributed by atoms with Crippen LogP contribution in [0.25, 0.3) is 0 Å². The minimum Gasteiger partial charge on any atom is -0.391 e. The third kappa shape index (κ3) is 4.20. The standard InChI is InChI=1S/C16H25ClN2OS/c17-12-9-14(21-11-12)10-18-13-5-7-19(8-6-13)15-3-1-2-4-16(15)20/h9,11,13,15-16,18,20H,1-8,10H2/t15-,16+/m1/s1. The summed E-state index contributed by atoms with van der Waals surface area (Å²) in [5, 5.41) is 16.7. The van der Waals surface area contributed by atoms with Gasteiger partial charge in [-0.1, -0.05) is 24.4 Å². The van der Waals surface area contributed by atoms with Crippen molar-refractivity contribution < 1.29 is 5.11 Å². The average molecular weight is 329 g/mol. The number of hydrogen-bond donors (Lipinski definition) is 2. The van der Waals surface area contributed by atoms with Crippen molar-refractivity contribution in [3.8, 4) is 0 Å². The van der Waals surface area contributed by atoms with E-state index in [-0.39, 0.29) is 6.10 Å². The SMILES string of the molecule is O[C@H]1CCCC[C@H]1N1CCC(NCc2cc(Cl)cs2)CC1. The summed E-state index contributed by atoms with van der Waals surface area (Å²) in [6.45, 7) is 3.16. The van der Waals surface area contributed by atoms with Crippen molar-refractivity contribution in [2.45, 2.75) is 63.3 Å². The van der Waals surface area contributed by atoms with Gasteiger partial charge in [0.1, 0.15) is 0 Å². The van der Waals surface area contributed by atoms with Crippen LogP contribution in [-0.4, -0.2) is 41.3 Å². The molecule has 3 rings (SSSR count). The molecule has 1 saturated carbocycles. The van der Waals surface area contributed by atoms with E-state index in [0.717, 1.165) is 31.1 Å². The molecule has 0 radical (unpaired) electrons. The molecule has 21 heavy (non-hydrogen) atoms. The number of thiophene rings is 1. The summed E-state index contributed by atoms with van der Waals surface area (Å²) in [6.07, 6.45) is 6.90. The van der Waals surface area contributed by atoms with E-state index in [4.69, 9.17) is 11.6 Å². The molecule has 0 aromatic carbocycles. The number of aliphatic hydroxyl groups excluding tert-OH is 1. The van der Waals surface area contributed by atoms with Gasteiger partial charge in [-0.05, 0) is 31.7 Å². The first kappa shape index (κ1) is 15.8. The highest BCUT2D eigenvalue weighted by Crippen LogP contribution is 2.26. The van der Waals surface area contributed by atoms with Crippen molar-refractivity contribution in [3.63, 3.8) is 0 Å². The molecule has 2 N–H and O–H groups in total. The second kappa shape index (κ2) is 7.42. The molecule has 2 heterocycles. The van der Waals surface area contributed by atoms with E-state index >= 15 is 0 Å². The highest BCUT2D eigenvalue weighted by molar-refractivity contribution is 7.10. The van der Waals surface area contributed by atoms with Gasteiger partial charge >= 0.3 is 0 Å². The maximum absolute atomic E-state index is 10.2. The van der Waals surface area contributed by atoms with Crippen molar-refractivity contribution in [2.75, 3.05) is 13.1 Å². The van der Waals surface area contributed by atoms with Crippen molar-refractivity contribution in [1.82, 2.24) is 10.2 Å². The lowest BCUT2D eigenvalue weighted by molar-refractivity contribution is 0.00715. The number of hydrogen-bond acceptors (Lipinski definition) is 4. The molecule has 1 aliphatic heterocycles. The van der Waals surface area contributed by atoms with Crippen molar-refractivity contribution in [2.24, 2.45) is 0 Å². The lowest BCUT2D eigenvalue weighted by Crippen LogP contribution is -2.51. The van der Waals surface area contributed by atoms with Gasteiger partial charge in [0.15, 0.2) is 0 Å². The van der Waals surface area contributed by atoms with Crippen LogP contribution in [0, 0.1) is 0 Å². The Morgan fingerprint density at radius 2 is 2.00 bits per heavy atom. The molecule has 2 aliphatic rings. The molecule has 1 saturated heterocycles. The lowest BCUT2D eigenvalue weighted by Gasteiger charge is -2.41. The molecule has 2 atom stereocenters. The average Bonchev–Trinajstić information content (AvgIpc) is 2.92. The second-order valence-corrected chi connectivity index (χ2v) is 7.77. The predicted molar refractivity (Wildman–Crippen MR) is 89.0 cm³/mol. The number of rotatable bonds is 4. The van der Waals surface area contributed by atoms with Gasteiger partial charge in [0.05, 0.1) is 11.1 Å². The Morgan fingerprint density at radius 3 is 2.67 bits per heavy atom. The van der Waals surface area contributed by atoms with E-state index in [0.29, 0.717) is 12.1 Å². The van der Waals surface area contributed by atoms with Crippen LogP contribution >= 0.6 is 22.9 Å². The fourth-order valence-electron chi connectivity index (χ4n) is 3.64. The molecule has 2 fully saturated rings. The van der Waals surface area contributed by atoms with Gasteiger partial charge in [0, 0.05) is 42.0 Å². The van der Waals surface area contributed by atoms with Gasteiger partial charge < -0.3 is 10.4 Å². The van der Waals surface area contributed by atoms with Crippen LogP contribution in [0.1, 0.15) is 43.4 Å². The van der Waals surface area contributed by atoms with E-state index in [9.17, 15) is 5.11 Å². The van der Waals surface area contributed by atoms with E-state index in [1.165, 1.54) is 37.0 Å². The van der Waals surface area contributed by atoms with Crippen LogP contribution in [0.2, 0.25) is 5.02 Å². The van der Waals surface area contributed by atoms with Crippen LogP contribution in [0.5, 0.6) is 0 Å². The third-order valence-corrected chi connectivity index (χ3v) is 6.16. The number of nitrogens with zero attached hydrogens (tertiary/aromatic N) is 1. The molecule has 3 nitrogen and oxygen atoms in total. The molecule has 5 heteroatoms. The normalized spacial score (nSPS) is 28.9. The van der Waals surface area contributed by atoms with Crippen LogP contribution in [0.15, 0.2) is 11.4 Å². The Labute approximate surface area is 136 Å². The second-order valence-electron chi connectivity index (χ2n) is 6.34. The Morgan fingerprint density at radius 1 is 1.24 bits per heavy atom. The smallest absolute Gasteiger partial charge is 0.0695 e. The van der Waals surface area contributed by atoms with Gasteiger partial charge in [-0.2, -0.15) is 0 Å². The van der Waals surface area contributed by atoms with Crippen LogP contribution in [0.4, 0.5) is 0 Å². The first-order valence-electron chi connectivity index (χ1n) is 8.11. The summed E-state index contributed by atoms with van der Waals surface area (Å²) < 4.78 is 0. The topological polar surface area (TPSA) is 35.5 Å². The first-order valence-corrected chi connectivity index (χ1v) is 9.36. The zero-order valence-electron chi connectivity index (χ0n) is 12.4. The van der Waals surface area contributed by atoms with Crippen molar-refractivity contribution in [3.05, 3.63) is 21.3 Å². The summed E-state index contributed by atoms with van der Waals surface area (Å²) >= 11 is 7.68. The molecular weight excluding hydrogens is 304 g/mol. The minimum atomic E-state index is -0.100. The summed E-state index contributed by atoms with van der Waals surface area (Å²) in [5.41, 5.74) is 0. The maximum Gasteiger partial charge on any atom is 0.0695 e. The first-order chi connectivity index (χ1) is 10.2. The molecule has 118 valence electrons. The fraction of sp³-hybridized carbons (Fsp3) is 0.750. The molecule has 0 bridgehead atoms. The molecular formula is C16H25ClN2OS. The van der Waals surface area contributed by atoms with Crippen LogP contribution in [0.3, 0.4) is 0 Å². The van der Waals surface area contributed by atoms with Crippen LogP contribution in [-0.2, 0) is 6.54 Å². The summed E-state index contributed by atoms with van der Waals surface area (Å²) in [7, 11) is 0. The molecule has 0 spiro atoms. The zero-order valence-corrected chi connectivity index (χ0v) is 14.0.